The normalized spacial score (nSPS) is 26.4. The average molecular weight is 422 g/mol. The van der Waals surface area contributed by atoms with E-state index in [4.69, 9.17) is 19.2 Å². The molecular weight excluding hydrogens is 394 g/mol. The molecule has 5 rings (SSSR count). The van der Waals surface area contributed by atoms with E-state index in [0.717, 1.165) is 55.9 Å². The molecule has 2 fully saturated rings. The fraction of sp³-hybridized carbons (Fsp3) is 0.650. The van der Waals surface area contributed by atoms with E-state index in [0.29, 0.717) is 26.4 Å². The third kappa shape index (κ3) is 2.94. The lowest BCUT2D eigenvalue weighted by atomic mass is 10.1. The molecule has 0 radical (unpaired) electrons. The van der Waals surface area contributed by atoms with Gasteiger partial charge in [0.15, 0.2) is 5.84 Å². The highest BCUT2D eigenvalue weighted by Crippen LogP contribution is 2.47. The zero-order chi connectivity index (χ0) is 20.1. The first kappa shape index (κ1) is 19.4. The Kier molecular flexibility index (Phi) is 4.90. The maximum atomic E-state index is 13.5. The van der Waals surface area contributed by atoms with Crippen molar-refractivity contribution < 1.29 is 22.6 Å². The largest absolute Gasteiger partial charge is 0.383 e. The Balaban J connectivity index is 1.58. The van der Waals surface area contributed by atoms with Crippen LogP contribution in [0.2, 0.25) is 0 Å². The van der Waals surface area contributed by atoms with Crippen molar-refractivity contribution in [2.75, 3.05) is 51.5 Å². The highest BCUT2D eigenvalue weighted by atomic mass is 32.2. The van der Waals surface area contributed by atoms with Gasteiger partial charge in [0.1, 0.15) is 0 Å². The standard InChI is InChI=1S/C20H27N3O5S/c1-26-14-15-5-2-10-23(15)29(24,25)16-6-7-18-17(13-16)20(27-11-4-12-28-20)19-21-8-3-9-22(18)19/h6-7,13,15H,2-5,8-12,14H2,1H3/t15-/m0/s1. The topological polar surface area (TPSA) is 80.7 Å². The zero-order valence-electron chi connectivity index (χ0n) is 16.7. The number of benzene rings is 1. The predicted octanol–water partition coefficient (Wildman–Crippen LogP) is 1.70. The Bertz CT molecular complexity index is 926. The molecule has 2 saturated heterocycles. The summed E-state index contributed by atoms with van der Waals surface area (Å²) in [4.78, 5) is 7.10. The monoisotopic (exact) mass is 421 g/mol. The number of amidine groups is 1. The minimum atomic E-state index is -3.64. The van der Waals surface area contributed by atoms with Crippen LogP contribution in [-0.2, 0) is 30.0 Å². The summed E-state index contributed by atoms with van der Waals surface area (Å²) in [5.74, 6) is -0.331. The first-order valence-corrected chi connectivity index (χ1v) is 11.8. The first-order valence-electron chi connectivity index (χ1n) is 10.3. The van der Waals surface area contributed by atoms with Gasteiger partial charge in [0.25, 0.3) is 5.79 Å². The molecule has 1 aromatic carbocycles. The predicted molar refractivity (Wildman–Crippen MR) is 108 cm³/mol. The quantitative estimate of drug-likeness (QED) is 0.736. The Labute approximate surface area is 171 Å². The van der Waals surface area contributed by atoms with Gasteiger partial charge < -0.3 is 19.1 Å². The molecule has 0 aromatic heterocycles. The van der Waals surface area contributed by atoms with Crippen LogP contribution in [0.3, 0.4) is 0 Å². The molecule has 4 aliphatic rings. The van der Waals surface area contributed by atoms with E-state index in [1.165, 1.54) is 0 Å². The number of ether oxygens (including phenoxy) is 3. The van der Waals surface area contributed by atoms with E-state index >= 15 is 0 Å². The van der Waals surface area contributed by atoms with Gasteiger partial charge in [0.2, 0.25) is 10.0 Å². The minimum Gasteiger partial charge on any atom is -0.383 e. The molecule has 0 saturated carbocycles. The fourth-order valence-electron chi connectivity index (χ4n) is 4.85. The van der Waals surface area contributed by atoms with Gasteiger partial charge in [-0.15, -0.1) is 0 Å². The van der Waals surface area contributed by atoms with Gasteiger partial charge in [-0.3, -0.25) is 4.99 Å². The molecule has 0 amide bonds. The number of anilines is 1. The molecular formula is C20H27N3O5S. The number of rotatable bonds is 4. The summed E-state index contributed by atoms with van der Waals surface area (Å²) in [5, 5.41) is 0. The van der Waals surface area contributed by atoms with Crippen LogP contribution in [0.25, 0.3) is 0 Å². The molecule has 9 heteroatoms. The molecule has 1 aromatic rings. The van der Waals surface area contributed by atoms with E-state index in [2.05, 4.69) is 4.90 Å². The second-order valence-electron chi connectivity index (χ2n) is 7.92. The molecule has 0 aliphatic carbocycles. The summed E-state index contributed by atoms with van der Waals surface area (Å²) in [5.41, 5.74) is 1.68. The molecule has 1 atom stereocenters. The van der Waals surface area contributed by atoms with Crippen molar-refractivity contribution in [3.05, 3.63) is 23.8 Å². The number of hydrogen-bond donors (Lipinski definition) is 0. The van der Waals surface area contributed by atoms with Crippen LogP contribution < -0.4 is 4.90 Å². The van der Waals surface area contributed by atoms with Crippen LogP contribution in [0, 0.1) is 0 Å². The van der Waals surface area contributed by atoms with Crippen LogP contribution in [-0.4, -0.2) is 71.2 Å². The average Bonchev–Trinajstić information content (AvgIpc) is 3.32. The Morgan fingerprint density at radius 2 is 2.03 bits per heavy atom. The maximum absolute atomic E-state index is 13.5. The smallest absolute Gasteiger partial charge is 0.257 e. The van der Waals surface area contributed by atoms with Crippen LogP contribution in [0.15, 0.2) is 28.1 Å². The van der Waals surface area contributed by atoms with Crippen molar-refractivity contribution >= 4 is 21.5 Å². The molecule has 158 valence electrons. The highest BCUT2D eigenvalue weighted by molar-refractivity contribution is 7.89. The van der Waals surface area contributed by atoms with E-state index in [9.17, 15) is 8.42 Å². The molecule has 0 bridgehead atoms. The second kappa shape index (κ2) is 7.31. The Morgan fingerprint density at radius 1 is 1.21 bits per heavy atom. The van der Waals surface area contributed by atoms with Crippen LogP contribution >= 0.6 is 0 Å². The lowest BCUT2D eigenvalue weighted by Gasteiger charge is -2.36. The van der Waals surface area contributed by atoms with Crippen molar-refractivity contribution in [2.24, 2.45) is 4.99 Å². The van der Waals surface area contributed by atoms with Crippen LogP contribution in [0.5, 0.6) is 0 Å². The lowest BCUT2D eigenvalue weighted by molar-refractivity contribution is -0.228. The third-order valence-electron chi connectivity index (χ3n) is 6.15. The van der Waals surface area contributed by atoms with Crippen LogP contribution in [0.4, 0.5) is 5.69 Å². The SMILES string of the molecule is COC[C@@H]1CCCN1S(=O)(=O)c1ccc2c(c1)C1(OCCCO1)C1=NCCCN12. The van der Waals surface area contributed by atoms with E-state index in [1.807, 2.05) is 6.07 Å². The lowest BCUT2D eigenvalue weighted by Crippen LogP contribution is -2.49. The van der Waals surface area contributed by atoms with Crippen molar-refractivity contribution in [3.8, 4) is 0 Å². The molecule has 4 heterocycles. The van der Waals surface area contributed by atoms with Crippen molar-refractivity contribution in [1.82, 2.24) is 4.31 Å². The van der Waals surface area contributed by atoms with Gasteiger partial charge in [-0.2, -0.15) is 4.31 Å². The third-order valence-corrected chi connectivity index (χ3v) is 8.10. The zero-order valence-corrected chi connectivity index (χ0v) is 17.5. The number of hydrogen-bond acceptors (Lipinski definition) is 7. The first-order chi connectivity index (χ1) is 14.1. The van der Waals surface area contributed by atoms with Crippen molar-refractivity contribution in [3.63, 3.8) is 0 Å². The molecule has 29 heavy (non-hydrogen) atoms. The van der Waals surface area contributed by atoms with Crippen molar-refractivity contribution in [2.45, 2.75) is 42.4 Å². The summed E-state index contributed by atoms with van der Waals surface area (Å²) in [6.07, 6.45) is 3.43. The number of methoxy groups -OCH3 is 1. The minimum absolute atomic E-state index is 0.120. The van der Waals surface area contributed by atoms with E-state index in [-0.39, 0.29) is 10.9 Å². The summed E-state index contributed by atoms with van der Waals surface area (Å²) in [7, 11) is -2.03. The molecule has 8 nitrogen and oxygen atoms in total. The Morgan fingerprint density at radius 3 is 2.83 bits per heavy atom. The summed E-state index contributed by atoms with van der Waals surface area (Å²) in [6, 6.07) is 5.19. The van der Waals surface area contributed by atoms with Gasteiger partial charge >= 0.3 is 0 Å². The van der Waals surface area contributed by atoms with Crippen molar-refractivity contribution in [1.29, 1.82) is 0 Å². The molecule has 0 N–H and O–H groups in total. The fourth-order valence-corrected chi connectivity index (χ4v) is 6.56. The van der Waals surface area contributed by atoms with Gasteiger partial charge in [0.05, 0.1) is 30.4 Å². The number of aliphatic imine (C=N–C) groups is 1. The summed E-state index contributed by atoms with van der Waals surface area (Å²) >= 11 is 0. The maximum Gasteiger partial charge on any atom is 0.257 e. The second-order valence-corrected chi connectivity index (χ2v) is 9.81. The van der Waals surface area contributed by atoms with Crippen LogP contribution in [0.1, 0.15) is 31.2 Å². The van der Waals surface area contributed by atoms with E-state index < -0.39 is 15.8 Å². The van der Waals surface area contributed by atoms with E-state index in [1.54, 1.807) is 23.5 Å². The van der Waals surface area contributed by atoms with Gasteiger partial charge in [-0.1, -0.05) is 0 Å². The number of sulfonamides is 1. The summed E-state index contributed by atoms with van der Waals surface area (Å²) < 4.78 is 46.0. The number of nitrogens with zero attached hydrogens (tertiary/aromatic N) is 3. The van der Waals surface area contributed by atoms with Gasteiger partial charge in [-0.25, -0.2) is 8.42 Å². The number of fused-ring (bicyclic) bond motifs is 5. The molecule has 0 unspecified atom stereocenters. The summed E-state index contributed by atoms with van der Waals surface area (Å²) in [6.45, 7) is 3.60. The van der Waals surface area contributed by atoms with Gasteiger partial charge in [-0.05, 0) is 43.9 Å². The van der Waals surface area contributed by atoms with Gasteiger partial charge in [0, 0.05) is 38.3 Å². The molecule has 1 spiro atoms. The Hall–Kier alpha value is -1.52. The molecule has 4 aliphatic heterocycles. The highest BCUT2D eigenvalue weighted by Gasteiger charge is 2.53.